The molecular weight excluding hydrogens is 148 g/mol. The van der Waals surface area contributed by atoms with E-state index in [4.69, 9.17) is 0 Å². The van der Waals surface area contributed by atoms with Crippen LogP contribution in [0.15, 0.2) is 24.3 Å². The Morgan fingerprint density at radius 2 is 2.00 bits per heavy atom. The normalized spacial score (nSPS) is 21.6. The van der Waals surface area contributed by atoms with Crippen molar-refractivity contribution in [1.82, 2.24) is 0 Å². The van der Waals surface area contributed by atoms with Crippen molar-refractivity contribution < 1.29 is 0 Å². The number of fused-ring (bicyclic) bond motifs is 1. The molecule has 2 rings (SSSR count). The van der Waals surface area contributed by atoms with Crippen molar-refractivity contribution >= 4 is 11.4 Å². The summed E-state index contributed by atoms with van der Waals surface area (Å²) >= 11 is 0. The first kappa shape index (κ1) is 7.47. The number of nitrogens with one attached hydrogen (secondary N) is 2. The molecular formula is C10H14N2. The average molecular weight is 162 g/mol. The smallest absolute Gasteiger partial charge is 0.0578 e. The lowest BCUT2D eigenvalue weighted by Crippen LogP contribution is -2.14. The average Bonchev–Trinajstić information content (AvgIpc) is 2.25. The molecule has 1 aliphatic heterocycles. The molecule has 12 heavy (non-hydrogen) atoms. The van der Waals surface area contributed by atoms with Gasteiger partial charge in [-0.15, -0.1) is 0 Å². The Kier molecular flexibility index (Phi) is 1.90. The maximum atomic E-state index is 3.46. The number of benzene rings is 1. The maximum Gasteiger partial charge on any atom is 0.0578 e. The summed E-state index contributed by atoms with van der Waals surface area (Å²) in [6.07, 6.45) is 1.18. The Bertz CT molecular complexity index is 270. The van der Waals surface area contributed by atoms with Crippen LogP contribution in [0.3, 0.4) is 0 Å². The van der Waals surface area contributed by atoms with Gasteiger partial charge in [-0.2, -0.15) is 0 Å². The third kappa shape index (κ3) is 1.37. The number of hydrogen-bond donors (Lipinski definition) is 2. The van der Waals surface area contributed by atoms with Crippen molar-refractivity contribution in [2.24, 2.45) is 0 Å². The molecule has 0 aromatic heterocycles. The van der Waals surface area contributed by atoms with Crippen molar-refractivity contribution in [3.05, 3.63) is 24.3 Å². The molecule has 0 amide bonds. The monoisotopic (exact) mass is 162 g/mol. The second-order valence-electron chi connectivity index (χ2n) is 3.31. The van der Waals surface area contributed by atoms with E-state index in [2.05, 4.69) is 41.8 Å². The standard InChI is InChI=1S/C10H14N2/c1-8-6-7-11-9-4-2-3-5-10(9)12-8/h2-5,8,11-12H,6-7H2,1H3/t8-/m0/s1. The zero-order chi connectivity index (χ0) is 8.39. The Labute approximate surface area is 73.0 Å². The molecule has 0 aliphatic carbocycles. The van der Waals surface area contributed by atoms with Crippen LogP contribution in [0.5, 0.6) is 0 Å². The molecule has 0 saturated heterocycles. The van der Waals surface area contributed by atoms with Crippen molar-refractivity contribution in [2.75, 3.05) is 17.2 Å². The van der Waals surface area contributed by atoms with Crippen LogP contribution in [0.2, 0.25) is 0 Å². The summed E-state index contributed by atoms with van der Waals surface area (Å²) in [4.78, 5) is 0. The lowest BCUT2D eigenvalue weighted by molar-refractivity contribution is 0.745. The van der Waals surface area contributed by atoms with Crippen LogP contribution < -0.4 is 10.6 Å². The minimum absolute atomic E-state index is 0.571. The van der Waals surface area contributed by atoms with Crippen LogP contribution in [-0.2, 0) is 0 Å². The van der Waals surface area contributed by atoms with Crippen LogP contribution in [-0.4, -0.2) is 12.6 Å². The Hall–Kier alpha value is -1.18. The van der Waals surface area contributed by atoms with E-state index >= 15 is 0 Å². The van der Waals surface area contributed by atoms with E-state index in [0.717, 1.165) is 6.54 Å². The summed E-state index contributed by atoms with van der Waals surface area (Å²) in [5.74, 6) is 0. The highest BCUT2D eigenvalue weighted by molar-refractivity contribution is 5.69. The van der Waals surface area contributed by atoms with Gasteiger partial charge in [0, 0.05) is 12.6 Å². The predicted octanol–water partition coefficient (Wildman–Crippen LogP) is 2.30. The molecule has 2 heteroatoms. The van der Waals surface area contributed by atoms with Gasteiger partial charge in [0.25, 0.3) is 0 Å². The van der Waals surface area contributed by atoms with Crippen molar-refractivity contribution in [2.45, 2.75) is 19.4 Å². The highest BCUT2D eigenvalue weighted by Gasteiger charge is 2.09. The van der Waals surface area contributed by atoms with Gasteiger partial charge < -0.3 is 10.6 Å². The molecule has 1 atom stereocenters. The number of rotatable bonds is 0. The highest BCUT2D eigenvalue weighted by Crippen LogP contribution is 2.24. The van der Waals surface area contributed by atoms with E-state index in [1.807, 2.05) is 0 Å². The molecule has 1 aromatic carbocycles. The van der Waals surface area contributed by atoms with Gasteiger partial charge in [0.2, 0.25) is 0 Å². The zero-order valence-electron chi connectivity index (χ0n) is 7.30. The molecule has 1 aliphatic rings. The number of para-hydroxylation sites is 2. The quantitative estimate of drug-likeness (QED) is 0.611. The van der Waals surface area contributed by atoms with Gasteiger partial charge in [0.1, 0.15) is 0 Å². The maximum absolute atomic E-state index is 3.46. The molecule has 0 unspecified atom stereocenters. The van der Waals surface area contributed by atoms with Gasteiger partial charge in [-0.3, -0.25) is 0 Å². The summed E-state index contributed by atoms with van der Waals surface area (Å²) in [5, 5.41) is 6.85. The topological polar surface area (TPSA) is 24.1 Å². The summed E-state index contributed by atoms with van der Waals surface area (Å²) in [6.45, 7) is 3.27. The molecule has 1 aromatic rings. The third-order valence-corrected chi connectivity index (χ3v) is 2.22. The molecule has 0 saturated carbocycles. The largest absolute Gasteiger partial charge is 0.383 e. The fourth-order valence-corrected chi connectivity index (χ4v) is 1.52. The van der Waals surface area contributed by atoms with Crippen molar-refractivity contribution in [3.8, 4) is 0 Å². The molecule has 2 N–H and O–H groups in total. The van der Waals surface area contributed by atoms with E-state index in [1.165, 1.54) is 17.8 Å². The first-order valence-electron chi connectivity index (χ1n) is 4.46. The fraction of sp³-hybridized carbons (Fsp3) is 0.400. The second kappa shape index (κ2) is 3.05. The van der Waals surface area contributed by atoms with E-state index in [1.54, 1.807) is 0 Å². The lowest BCUT2D eigenvalue weighted by atomic mass is 10.2. The van der Waals surface area contributed by atoms with E-state index in [9.17, 15) is 0 Å². The summed E-state index contributed by atoms with van der Waals surface area (Å²) in [5.41, 5.74) is 2.45. The molecule has 64 valence electrons. The van der Waals surface area contributed by atoms with Crippen molar-refractivity contribution in [3.63, 3.8) is 0 Å². The van der Waals surface area contributed by atoms with Gasteiger partial charge in [0.15, 0.2) is 0 Å². The predicted molar refractivity (Wildman–Crippen MR) is 52.6 cm³/mol. The van der Waals surface area contributed by atoms with Crippen LogP contribution in [0.25, 0.3) is 0 Å². The SMILES string of the molecule is C[C@H]1CCNc2ccccc2N1. The summed E-state index contributed by atoms with van der Waals surface area (Å²) < 4.78 is 0. The molecule has 1 heterocycles. The molecule has 2 nitrogen and oxygen atoms in total. The first-order chi connectivity index (χ1) is 5.86. The van der Waals surface area contributed by atoms with Crippen LogP contribution in [0, 0.1) is 0 Å². The number of hydrogen-bond acceptors (Lipinski definition) is 2. The van der Waals surface area contributed by atoms with Gasteiger partial charge in [-0.1, -0.05) is 12.1 Å². The number of anilines is 2. The molecule has 0 radical (unpaired) electrons. The summed E-state index contributed by atoms with van der Waals surface area (Å²) in [7, 11) is 0. The van der Waals surface area contributed by atoms with Crippen molar-refractivity contribution in [1.29, 1.82) is 0 Å². The van der Waals surface area contributed by atoms with E-state index in [-0.39, 0.29) is 0 Å². The Morgan fingerprint density at radius 3 is 2.83 bits per heavy atom. The van der Waals surface area contributed by atoms with E-state index < -0.39 is 0 Å². The molecule has 0 fully saturated rings. The third-order valence-electron chi connectivity index (χ3n) is 2.22. The highest BCUT2D eigenvalue weighted by atomic mass is 15.0. The Morgan fingerprint density at radius 1 is 1.25 bits per heavy atom. The molecule has 0 spiro atoms. The Balaban J connectivity index is 2.31. The zero-order valence-corrected chi connectivity index (χ0v) is 7.30. The van der Waals surface area contributed by atoms with Crippen LogP contribution >= 0.6 is 0 Å². The van der Waals surface area contributed by atoms with Gasteiger partial charge in [-0.05, 0) is 25.5 Å². The van der Waals surface area contributed by atoms with Gasteiger partial charge in [-0.25, -0.2) is 0 Å². The van der Waals surface area contributed by atoms with Gasteiger partial charge in [0.05, 0.1) is 11.4 Å². The second-order valence-corrected chi connectivity index (χ2v) is 3.31. The van der Waals surface area contributed by atoms with Crippen LogP contribution in [0.4, 0.5) is 11.4 Å². The summed E-state index contributed by atoms with van der Waals surface area (Å²) in [6, 6.07) is 8.92. The van der Waals surface area contributed by atoms with E-state index in [0.29, 0.717) is 6.04 Å². The lowest BCUT2D eigenvalue weighted by Gasteiger charge is -2.11. The molecule has 0 bridgehead atoms. The first-order valence-corrected chi connectivity index (χ1v) is 4.46. The minimum Gasteiger partial charge on any atom is -0.383 e. The minimum atomic E-state index is 0.571. The van der Waals surface area contributed by atoms with Gasteiger partial charge >= 0.3 is 0 Å². The fourth-order valence-electron chi connectivity index (χ4n) is 1.52. The van der Waals surface area contributed by atoms with Crippen LogP contribution in [0.1, 0.15) is 13.3 Å².